The first-order chi connectivity index (χ1) is 12.7. The van der Waals surface area contributed by atoms with E-state index >= 15 is 0 Å². The fraction of sp³-hybridized carbons (Fsp3) is 0.250. The van der Waals surface area contributed by atoms with Gasteiger partial charge in [-0.1, -0.05) is 13.8 Å². The molecule has 130 valence electrons. The first-order valence-corrected chi connectivity index (χ1v) is 8.82. The van der Waals surface area contributed by atoms with Crippen LogP contribution in [0.1, 0.15) is 31.1 Å². The third-order valence-electron chi connectivity index (χ3n) is 4.42. The largest absolute Gasteiger partial charge is 0.289 e. The van der Waals surface area contributed by atoms with E-state index in [-0.39, 0.29) is 0 Å². The van der Waals surface area contributed by atoms with Gasteiger partial charge in [-0.05, 0) is 31.5 Å². The van der Waals surface area contributed by atoms with E-state index < -0.39 is 0 Å². The van der Waals surface area contributed by atoms with Crippen LogP contribution in [0.25, 0.3) is 28.1 Å². The van der Waals surface area contributed by atoms with Gasteiger partial charge in [0, 0.05) is 24.5 Å². The molecule has 0 atom stereocenters. The molecule has 0 N–H and O–H groups in total. The summed E-state index contributed by atoms with van der Waals surface area (Å²) in [5.74, 6) is 1.67. The van der Waals surface area contributed by atoms with Gasteiger partial charge in [0.1, 0.15) is 11.6 Å². The van der Waals surface area contributed by atoms with Crippen molar-refractivity contribution in [2.24, 2.45) is 0 Å². The van der Waals surface area contributed by atoms with Crippen molar-refractivity contribution < 1.29 is 0 Å². The molecule has 4 aromatic rings. The maximum Gasteiger partial charge on any atom is 0.149 e. The Morgan fingerprint density at radius 2 is 1.81 bits per heavy atom. The van der Waals surface area contributed by atoms with E-state index in [0.29, 0.717) is 0 Å². The number of aromatic nitrogens is 6. The second-order valence-electron chi connectivity index (χ2n) is 6.15. The predicted molar refractivity (Wildman–Crippen MR) is 101 cm³/mol. The van der Waals surface area contributed by atoms with E-state index in [1.165, 1.54) is 0 Å². The molecule has 4 aromatic heterocycles. The predicted octanol–water partition coefficient (Wildman–Crippen LogP) is 3.71. The number of nitrogens with zero attached hydrogens (tertiary/aromatic N) is 6. The van der Waals surface area contributed by atoms with Crippen LogP contribution in [0.4, 0.5) is 0 Å². The molecule has 6 nitrogen and oxygen atoms in total. The molecule has 26 heavy (non-hydrogen) atoms. The summed E-state index contributed by atoms with van der Waals surface area (Å²) in [5, 5.41) is 0. The van der Waals surface area contributed by atoms with E-state index in [2.05, 4.69) is 33.4 Å². The highest BCUT2D eigenvalue weighted by Gasteiger charge is 2.18. The van der Waals surface area contributed by atoms with Gasteiger partial charge in [0.25, 0.3) is 0 Å². The van der Waals surface area contributed by atoms with E-state index in [0.717, 1.165) is 58.2 Å². The number of hydrogen-bond donors (Lipinski definition) is 0. The summed E-state index contributed by atoms with van der Waals surface area (Å²) in [6.07, 6.45) is 8.97. The molecule has 4 rings (SSSR count). The maximum atomic E-state index is 4.86. The van der Waals surface area contributed by atoms with E-state index in [1.807, 2.05) is 43.7 Å². The highest BCUT2D eigenvalue weighted by atomic mass is 15.1. The van der Waals surface area contributed by atoms with Crippen LogP contribution in [0.3, 0.4) is 0 Å². The third-order valence-corrected chi connectivity index (χ3v) is 4.42. The lowest BCUT2D eigenvalue weighted by atomic mass is 10.1. The van der Waals surface area contributed by atoms with Gasteiger partial charge in [-0.15, -0.1) is 0 Å². The van der Waals surface area contributed by atoms with Crippen molar-refractivity contribution in [1.29, 1.82) is 0 Å². The first-order valence-electron chi connectivity index (χ1n) is 8.82. The number of hydrogen-bond acceptors (Lipinski definition) is 5. The Morgan fingerprint density at radius 1 is 0.923 bits per heavy atom. The van der Waals surface area contributed by atoms with Crippen LogP contribution >= 0.6 is 0 Å². The summed E-state index contributed by atoms with van der Waals surface area (Å²) >= 11 is 0. The summed E-state index contributed by atoms with van der Waals surface area (Å²) in [6.45, 7) is 6.14. The number of rotatable bonds is 4. The zero-order valence-corrected chi connectivity index (χ0v) is 15.1. The average molecular weight is 344 g/mol. The number of imidazole rings is 1. The molecule has 0 bridgehead atoms. The van der Waals surface area contributed by atoms with Gasteiger partial charge in [-0.2, -0.15) is 0 Å². The zero-order chi connectivity index (χ0) is 18.1. The van der Waals surface area contributed by atoms with Crippen molar-refractivity contribution in [2.75, 3.05) is 0 Å². The minimum absolute atomic E-state index is 0.815. The fourth-order valence-electron chi connectivity index (χ4n) is 3.04. The van der Waals surface area contributed by atoms with Gasteiger partial charge in [-0.3, -0.25) is 14.5 Å². The molecule has 0 aromatic carbocycles. The van der Waals surface area contributed by atoms with E-state index in [4.69, 9.17) is 9.97 Å². The lowest BCUT2D eigenvalue weighted by Gasteiger charge is -2.12. The highest BCUT2D eigenvalue weighted by molar-refractivity contribution is 5.82. The summed E-state index contributed by atoms with van der Waals surface area (Å²) in [6, 6.07) is 5.97. The highest BCUT2D eigenvalue weighted by Crippen LogP contribution is 2.29. The van der Waals surface area contributed by atoms with Crippen molar-refractivity contribution >= 4 is 11.0 Å². The van der Waals surface area contributed by atoms with Gasteiger partial charge in [0.15, 0.2) is 0 Å². The van der Waals surface area contributed by atoms with Crippen LogP contribution in [0.15, 0.2) is 43.0 Å². The minimum atomic E-state index is 0.815. The van der Waals surface area contributed by atoms with Crippen molar-refractivity contribution in [2.45, 2.75) is 33.6 Å². The average Bonchev–Trinajstić information content (AvgIpc) is 3.07. The quantitative estimate of drug-likeness (QED) is 0.564. The molecule has 4 heterocycles. The first kappa shape index (κ1) is 16.3. The van der Waals surface area contributed by atoms with Crippen molar-refractivity contribution in [1.82, 2.24) is 29.5 Å². The SMILES string of the molecule is CCc1ncc(-c2nc3ccncc3n2-c2ccc(C)nc2)c(CC)n1. The minimum Gasteiger partial charge on any atom is -0.289 e. The molecule has 0 saturated heterocycles. The Kier molecular flexibility index (Phi) is 4.16. The lowest BCUT2D eigenvalue weighted by Crippen LogP contribution is -2.05. The Bertz CT molecular complexity index is 1070. The third kappa shape index (κ3) is 2.73. The summed E-state index contributed by atoms with van der Waals surface area (Å²) in [4.78, 5) is 22.8. The van der Waals surface area contributed by atoms with Gasteiger partial charge < -0.3 is 0 Å². The van der Waals surface area contributed by atoms with E-state index in [1.54, 1.807) is 6.20 Å². The van der Waals surface area contributed by atoms with Gasteiger partial charge in [-0.25, -0.2) is 15.0 Å². The second kappa shape index (κ2) is 6.63. The lowest BCUT2D eigenvalue weighted by molar-refractivity contribution is 0.884. The molecule has 0 unspecified atom stereocenters. The Hall–Kier alpha value is -3.15. The monoisotopic (exact) mass is 344 g/mol. The van der Waals surface area contributed by atoms with Crippen LogP contribution in [-0.2, 0) is 12.8 Å². The van der Waals surface area contributed by atoms with Crippen LogP contribution in [0.5, 0.6) is 0 Å². The fourth-order valence-corrected chi connectivity index (χ4v) is 3.04. The van der Waals surface area contributed by atoms with Crippen LogP contribution in [0, 0.1) is 6.92 Å². The number of aryl methyl sites for hydroxylation is 3. The number of pyridine rings is 2. The standard InChI is InChI=1S/C20H20N6/c1-4-16-15(11-23-19(5-2)24-16)20-25-17-8-9-21-12-18(17)26(20)14-7-6-13(3)22-10-14/h6-12H,4-5H2,1-3H3. The summed E-state index contributed by atoms with van der Waals surface area (Å²) < 4.78 is 2.08. The van der Waals surface area contributed by atoms with Gasteiger partial charge in [0.2, 0.25) is 0 Å². The van der Waals surface area contributed by atoms with Gasteiger partial charge >= 0.3 is 0 Å². The summed E-state index contributed by atoms with van der Waals surface area (Å²) in [5.41, 5.74) is 5.69. The van der Waals surface area contributed by atoms with Crippen LogP contribution in [-0.4, -0.2) is 29.5 Å². The Morgan fingerprint density at radius 3 is 2.54 bits per heavy atom. The molecular weight excluding hydrogens is 324 g/mol. The number of fused-ring (bicyclic) bond motifs is 1. The van der Waals surface area contributed by atoms with Crippen molar-refractivity contribution in [3.8, 4) is 17.1 Å². The molecule has 0 aliphatic heterocycles. The zero-order valence-electron chi connectivity index (χ0n) is 15.1. The molecule has 0 aliphatic carbocycles. The normalized spacial score (nSPS) is 11.2. The maximum absolute atomic E-state index is 4.86. The molecule has 0 aliphatic rings. The van der Waals surface area contributed by atoms with Crippen LogP contribution < -0.4 is 0 Å². The van der Waals surface area contributed by atoms with E-state index in [9.17, 15) is 0 Å². The molecule has 0 amide bonds. The topological polar surface area (TPSA) is 69.4 Å². The van der Waals surface area contributed by atoms with Crippen LogP contribution in [0.2, 0.25) is 0 Å². The molecule has 0 spiro atoms. The Labute approximate surface area is 152 Å². The van der Waals surface area contributed by atoms with Gasteiger partial charge in [0.05, 0.1) is 40.4 Å². The summed E-state index contributed by atoms with van der Waals surface area (Å²) in [7, 11) is 0. The molecule has 0 radical (unpaired) electrons. The van der Waals surface area contributed by atoms with Crippen molar-refractivity contribution in [3.63, 3.8) is 0 Å². The molecular formula is C20H20N6. The smallest absolute Gasteiger partial charge is 0.149 e. The molecule has 0 fully saturated rings. The van der Waals surface area contributed by atoms with Crippen molar-refractivity contribution in [3.05, 3.63) is 60.2 Å². The second-order valence-corrected chi connectivity index (χ2v) is 6.15. The molecule has 0 saturated carbocycles. The molecule has 6 heteroatoms. The Balaban J connectivity index is 2.01.